The molecule has 0 unspecified atom stereocenters. The average Bonchev–Trinajstić information content (AvgIpc) is 2.93. The van der Waals surface area contributed by atoms with Crippen molar-refractivity contribution >= 4 is 11.8 Å². The predicted molar refractivity (Wildman–Crippen MR) is 76.8 cm³/mol. The molecule has 20 heavy (non-hydrogen) atoms. The lowest BCUT2D eigenvalue weighted by Gasteiger charge is -2.27. The van der Waals surface area contributed by atoms with Crippen molar-refractivity contribution in [3.05, 3.63) is 35.9 Å². The Hall–Kier alpha value is -1.88. The molecular weight excluding hydrogens is 254 g/mol. The molecule has 108 valence electrons. The molecule has 2 N–H and O–H groups in total. The van der Waals surface area contributed by atoms with Gasteiger partial charge in [-0.1, -0.05) is 30.3 Å². The lowest BCUT2D eigenvalue weighted by Crippen LogP contribution is -2.42. The molecule has 2 rings (SSSR count). The van der Waals surface area contributed by atoms with E-state index in [4.69, 9.17) is 5.73 Å². The van der Waals surface area contributed by atoms with E-state index < -0.39 is 11.9 Å². The molecule has 1 heterocycles. The van der Waals surface area contributed by atoms with Crippen LogP contribution in [0, 0.1) is 0 Å². The summed E-state index contributed by atoms with van der Waals surface area (Å²) in [5.41, 5.74) is 6.31. The number of likely N-dealkylation sites (tertiary alicyclic amines) is 1. The number of likely N-dealkylation sites (N-methyl/N-ethyl adjacent to an activating group) is 1. The number of hydrogen-bond acceptors (Lipinski definition) is 3. The van der Waals surface area contributed by atoms with Gasteiger partial charge in [0.15, 0.2) is 0 Å². The first-order valence-corrected chi connectivity index (χ1v) is 6.92. The highest BCUT2D eigenvalue weighted by Gasteiger charge is 2.26. The fourth-order valence-corrected chi connectivity index (χ4v) is 2.64. The molecule has 0 bridgehead atoms. The summed E-state index contributed by atoms with van der Waals surface area (Å²) in [5.74, 6) is -0.375. The van der Waals surface area contributed by atoms with E-state index in [0.717, 1.165) is 31.5 Å². The largest absolute Gasteiger partial charge is 0.368 e. The number of carbonyl (C=O) groups is 2. The highest BCUT2D eigenvalue weighted by molar-refractivity contribution is 5.83. The first kappa shape index (κ1) is 14.5. The van der Waals surface area contributed by atoms with Crippen molar-refractivity contribution < 1.29 is 9.59 Å². The Morgan fingerprint density at radius 2 is 1.85 bits per heavy atom. The maximum atomic E-state index is 12.1. The van der Waals surface area contributed by atoms with Crippen molar-refractivity contribution in [2.24, 2.45) is 5.73 Å². The summed E-state index contributed by atoms with van der Waals surface area (Å²) in [6.45, 7) is 1.85. The molecule has 0 saturated carbocycles. The van der Waals surface area contributed by atoms with Gasteiger partial charge in [-0.2, -0.15) is 0 Å². The molecule has 1 aliphatic heterocycles. The molecule has 5 nitrogen and oxygen atoms in total. The van der Waals surface area contributed by atoms with Gasteiger partial charge in [0.05, 0.1) is 6.54 Å². The van der Waals surface area contributed by atoms with E-state index in [0.29, 0.717) is 0 Å². The van der Waals surface area contributed by atoms with Crippen molar-refractivity contribution in [2.45, 2.75) is 18.9 Å². The van der Waals surface area contributed by atoms with E-state index in [1.165, 1.54) is 0 Å². The van der Waals surface area contributed by atoms with Crippen molar-refractivity contribution in [2.75, 3.05) is 26.7 Å². The average molecular weight is 275 g/mol. The van der Waals surface area contributed by atoms with Crippen LogP contribution in [0.1, 0.15) is 24.4 Å². The van der Waals surface area contributed by atoms with Crippen molar-refractivity contribution in [3.8, 4) is 0 Å². The molecule has 0 radical (unpaired) electrons. The number of amides is 2. The number of carbonyl (C=O) groups excluding carboxylic acids is 2. The second-order valence-electron chi connectivity index (χ2n) is 5.22. The second-order valence-corrected chi connectivity index (χ2v) is 5.22. The molecule has 1 aromatic carbocycles. The summed E-state index contributed by atoms with van der Waals surface area (Å²) in [6, 6.07) is 8.75. The number of primary amides is 1. The Kier molecular flexibility index (Phi) is 4.74. The van der Waals surface area contributed by atoms with Gasteiger partial charge < -0.3 is 10.6 Å². The minimum atomic E-state index is -0.567. The summed E-state index contributed by atoms with van der Waals surface area (Å²) in [5, 5.41) is 0. The van der Waals surface area contributed by atoms with Gasteiger partial charge in [0, 0.05) is 13.1 Å². The topological polar surface area (TPSA) is 66.6 Å². The molecule has 0 spiro atoms. The molecule has 0 aliphatic carbocycles. The molecule has 1 aromatic rings. The number of benzene rings is 1. The molecule has 1 saturated heterocycles. The third kappa shape index (κ3) is 3.36. The lowest BCUT2D eigenvalue weighted by atomic mass is 10.1. The minimum absolute atomic E-state index is 0.0622. The van der Waals surface area contributed by atoms with E-state index in [1.807, 2.05) is 35.2 Å². The quantitative estimate of drug-likeness (QED) is 0.863. The minimum Gasteiger partial charge on any atom is -0.368 e. The monoisotopic (exact) mass is 275 g/mol. The van der Waals surface area contributed by atoms with Crippen LogP contribution in [0.4, 0.5) is 0 Å². The van der Waals surface area contributed by atoms with Crippen LogP contribution in [0.25, 0.3) is 0 Å². The first-order valence-electron chi connectivity index (χ1n) is 6.92. The lowest BCUT2D eigenvalue weighted by molar-refractivity contribution is -0.132. The first-order chi connectivity index (χ1) is 9.59. The van der Waals surface area contributed by atoms with E-state index >= 15 is 0 Å². The highest BCUT2D eigenvalue weighted by Crippen LogP contribution is 2.19. The van der Waals surface area contributed by atoms with Gasteiger partial charge in [-0.05, 0) is 25.5 Å². The summed E-state index contributed by atoms with van der Waals surface area (Å²) in [6.07, 6.45) is 2.13. The van der Waals surface area contributed by atoms with Gasteiger partial charge in [-0.3, -0.25) is 14.5 Å². The SMILES string of the molecule is CN(CC(=O)N1CCCC1)[C@H](C(N)=O)c1ccccc1. The third-order valence-corrected chi connectivity index (χ3v) is 3.67. The number of nitrogens with zero attached hydrogens (tertiary/aromatic N) is 2. The zero-order valence-corrected chi connectivity index (χ0v) is 11.8. The molecule has 1 atom stereocenters. The third-order valence-electron chi connectivity index (χ3n) is 3.67. The number of hydrogen-bond donors (Lipinski definition) is 1. The van der Waals surface area contributed by atoms with Crippen molar-refractivity contribution in [1.29, 1.82) is 0 Å². The second kappa shape index (κ2) is 6.52. The zero-order chi connectivity index (χ0) is 14.5. The van der Waals surface area contributed by atoms with Crippen molar-refractivity contribution in [1.82, 2.24) is 9.80 Å². The van der Waals surface area contributed by atoms with Crippen LogP contribution in [0.15, 0.2) is 30.3 Å². The van der Waals surface area contributed by atoms with Gasteiger partial charge in [-0.25, -0.2) is 0 Å². The maximum Gasteiger partial charge on any atom is 0.239 e. The highest BCUT2D eigenvalue weighted by atomic mass is 16.2. The molecule has 2 amide bonds. The van der Waals surface area contributed by atoms with E-state index in [2.05, 4.69) is 0 Å². The van der Waals surface area contributed by atoms with E-state index in [-0.39, 0.29) is 12.5 Å². The molecular formula is C15H21N3O2. The summed E-state index contributed by atoms with van der Waals surface area (Å²) in [4.78, 5) is 27.4. The van der Waals surface area contributed by atoms with Gasteiger partial charge in [0.1, 0.15) is 6.04 Å². The molecule has 1 aliphatic rings. The zero-order valence-electron chi connectivity index (χ0n) is 11.8. The van der Waals surface area contributed by atoms with Crippen molar-refractivity contribution in [3.63, 3.8) is 0 Å². The molecule has 5 heteroatoms. The molecule has 0 aromatic heterocycles. The van der Waals surface area contributed by atoms with Gasteiger partial charge in [0.2, 0.25) is 11.8 Å². The van der Waals surface area contributed by atoms with Gasteiger partial charge >= 0.3 is 0 Å². The number of rotatable bonds is 5. The summed E-state index contributed by atoms with van der Waals surface area (Å²) >= 11 is 0. The Bertz CT molecular complexity index is 469. The van der Waals surface area contributed by atoms with Crippen LogP contribution in [0.3, 0.4) is 0 Å². The fraction of sp³-hybridized carbons (Fsp3) is 0.467. The standard InChI is InChI=1S/C15H21N3O2/c1-17(11-13(19)18-9-5-6-10-18)14(15(16)20)12-7-3-2-4-8-12/h2-4,7-8,14H,5-6,9-11H2,1H3,(H2,16,20)/t14-/m0/s1. The summed E-state index contributed by atoms with van der Waals surface area (Å²) in [7, 11) is 1.76. The van der Waals surface area contributed by atoms with Crippen LogP contribution in [0.5, 0.6) is 0 Å². The normalized spacial score (nSPS) is 16.4. The number of nitrogens with two attached hydrogens (primary N) is 1. The Balaban J connectivity index is 2.06. The van der Waals surface area contributed by atoms with Crippen LogP contribution >= 0.6 is 0 Å². The van der Waals surface area contributed by atoms with Crippen LogP contribution < -0.4 is 5.73 Å². The fourth-order valence-electron chi connectivity index (χ4n) is 2.64. The smallest absolute Gasteiger partial charge is 0.239 e. The van der Waals surface area contributed by atoms with Gasteiger partial charge in [0.25, 0.3) is 0 Å². The Labute approximate surface area is 119 Å². The van der Waals surface area contributed by atoms with Crippen LogP contribution in [-0.2, 0) is 9.59 Å². The Morgan fingerprint density at radius 1 is 1.25 bits per heavy atom. The Morgan fingerprint density at radius 3 is 2.40 bits per heavy atom. The molecule has 1 fully saturated rings. The van der Waals surface area contributed by atoms with E-state index in [9.17, 15) is 9.59 Å². The maximum absolute atomic E-state index is 12.1. The van der Waals surface area contributed by atoms with Crippen LogP contribution in [0.2, 0.25) is 0 Å². The summed E-state index contributed by atoms with van der Waals surface area (Å²) < 4.78 is 0. The van der Waals surface area contributed by atoms with Gasteiger partial charge in [-0.15, -0.1) is 0 Å². The van der Waals surface area contributed by atoms with Crippen LogP contribution in [-0.4, -0.2) is 48.3 Å². The predicted octanol–water partition coefficient (Wildman–Crippen LogP) is 0.767. The van der Waals surface area contributed by atoms with E-state index in [1.54, 1.807) is 11.9 Å².